The second-order valence-electron chi connectivity index (χ2n) is 29.6. The third-order valence-electron chi connectivity index (χ3n) is 21.2. The van der Waals surface area contributed by atoms with Crippen LogP contribution in [0.2, 0.25) is 0 Å². The topological polar surface area (TPSA) is 559 Å². The van der Waals surface area contributed by atoms with Crippen LogP contribution in [0.25, 0.3) is 104 Å². The number of hydrogen-bond donors (Lipinski definition) is 4. The highest BCUT2D eigenvalue weighted by molar-refractivity contribution is 5.96. The Bertz CT molecular complexity index is 6450. The summed E-state index contributed by atoms with van der Waals surface area (Å²) in [7, 11) is 2.56. The third kappa shape index (κ3) is 19.3. The molecule has 0 unspecified atom stereocenters. The zero-order valence-electron chi connectivity index (χ0n) is 77.4. The van der Waals surface area contributed by atoms with Crippen LogP contribution in [0.1, 0.15) is 302 Å². The lowest BCUT2D eigenvalue weighted by Gasteiger charge is -2.00. The Hall–Kier alpha value is -15.0. The molecule has 0 atom stereocenters. The SMILES string of the molecule is CCc1nc(-c2nc(-c3nc(C(=O)NCc4nc(-c5nc(C(=O)OC)c(CC)o5)c(CC)o4)c(CC)o3)c(CC)o2)c(CC)o1.CCc1nc(-c2nc(-c3nc(C(=O)NCc4nc(-c5nc(C(=O)OC)c(CC)o5)c(CC)o4)c(CC)o3)c(CC)o2)c(CC)o1.CCc1oc2nc1C(=O)NCc1nc(c(CC)o1)-c1nc(c(CC)o1)-c1nc(c(CC)o1)C(=O)NCc1nc-2c(CC)o1. The Morgan fingerprint density at radius 2 is 0.444 bits per heavy atom. The minimum Gasteiger partial charge on any atom is -0.464 e. The van der Waals surface area contributed by atoms with E-state index in [-0.39, 0.29) is 125 Å². The lowest BCUT2D eigenvalue weighted by Crippen LogP contribution is -2.24. The van der Waals surface area contributed by atoms with Gasteiger partial charge in [0.25, 0.3) is 23.6 Å². The summed E-state index contributed by atoms with van der Waals surface area (Å²) in [4.78, 5) is 145. The molecule has 0 saturated heterocycles. The molecule has 10 bridgehead atoms. The van der Waals surface area contributed by atoms with Gasteiger partial charge in [-0.15, -0.1) is 0 Å². The van der Waals surface area contributed by atoms with E-state index in [1.165, 1.54) is 14.2 Å². The molecular weight excluding hydrogens is 1730 g/mol. The number of aryl methyl sites for hydroxylation is 17. The van der Waals surface area contributed by atoms with Gasteiger partial charge in [0.1, 0.15) is 86.4 Å². The molecule has 0 saturated carbocycles. The van der Waals surface area contributed by atoms with Gasteiger partial charge in [-0.05, 0) is 0 Å². The van der Waals surface area contributed by atoms with Crippen LogP contribution in [0.5, 0.6) is 0 Å². The molecule has 16 rings (SSSR count). The number of nitrogens with one attached hydrogen (secondary N) is 4. The number of rotatable bonds is 31. The van der Waals surface area contributed by atoms with Crippen LogP contribution in [-0.4, -0.2) is 125 Å². The van der Waals surface area contributed by atoms with Gasteiger partial charge in [0.05, 0.1) is 40.4 Å². The molecule has 0 radical (unpaired) electrons. The Balaban J connectivity index is 0.000000160. The van der Waals surface area contributed by atoms with Crippen LogP contribution >= 0.6 is 0 Å². The summed E-state index contributed by atoms with van der Waals surface area (Å²) in [6.07, 6.45) is 8.58. The molecule has 15 aromatic rings. The van der Waals surface area contributed by atoms with E-state index in [4.69, 9.17) is 75.7 Å². The van der Waals surface area contributed by atoms with Crippen LogP contribution in [0.4, 0.5) is 0 Å². The van der Waals surface area contributed by atoms with Crippen molar-refractivity contribution in [3.05, 3.63) is 156 Å². The summed E-state index contributed by atoms with van der Waals surface area (Å²) >= 11 is 0. The van der Waals surface area contributed by atoms with Gasteiger partial charge in [0.15, 0.2) is 97.2 Å². The van der Waals surface area contributed by atoms with Gasteiger partial charge in [0, 0.05) is 109 Å². The number of hydrogen-bond acceptors (Lipinski definition) is 38. The molecule has 0 fully saturated rings. The van der Waals surface area contributed by atoms with E-state index < -0.39 is 35.6 Å². The number of nitrogens with zero attached hydrogens (tertiary/aromatic N) is 15. The third-order valence-corrected chi connectivity index (χ3v) is 21.2. The Morgan fingerprint density at radius 1 is 0.241 bits per heavy atom. The molecule has 0 spiro atoms. The Kier molecular flexibility index (Phi) is 29.3. The van der Waals surface area contributed by atoms with E-state index in [0.29, 0.717) is 270 Å². The van der Waals surface area contributed by atoms with Crippen molar-refractivity contribution >= 4 is 35.6 Å². The van der Waals surface area contributed by atoms with E-state index in [9.17, 15) is 28.8 Å². The minimum atomic E-state index is -0.600. The highest BCUT2D eigenvalue weighted by Gasteiger charge is 2.36. The first kappa shape index (κ1) is 94.1. The summed E-state index contributed by atoms with van der Waals surface area (Å²) < 4.78 is 98.7. The van der Waals surface area contributed by atoms with Crippen molar-refractivity contribution < 1.29 is 104 Å². The molecule has 15 aromatic heterocycles. The normalized spacial score (nSPS) is 12.1. The van der Waals surface area contributed by atoms with Crippen molar-refractivity contribution in [3.8, 4) is 104 Å². The monoisotopic (exact) mass is 1830 g/mol. The van der Waals surface area contributed by atoms with Crippen molar-refractivity contribution in [2.75, 3.05) is 14.2 Å². The predicted molar refractivity (Wildman–Crippen MR) is 465 cm³/mol. The maximum atomic E-state index is 13.3. The van der Waals surface area contributed by atoms with E-state index in [0.717, 1.165) is 0 Å². The second-order valence-corrected chi connectivity index (χ2v) is 29.6. The standard InChI is InChI=1S/2C31H36N6O8.C29H31N7O7/c2*1-8-15-22(35-30(43-15)25-18(11-4)44-28(36-25)23-16(9-2)41-20(13-6)33-23)27(38)32-14-21-34-24(17(10-3)42-21)29-37-26(31(39)40-7)19(12-5)45-29;1-6-13-20-25(37)30-12-19-33-23(16(9-4)40-19)28-36-24(17(10-5)43-28)29-35-21(14(7-2)42-29)26(38)31-11-18-32-22(15(8-3)39-18)27(34-20)41-13/h2*8-14H2,1-7H3,(H,32,38);6-12H2,1-5H3,(H,30,37)(H,31,38). The number of esters is 2. The first-order valence-corrected chi connectivity index (χ1v) is 44.6. The zero-order valence-corrected chi connectivity index (χ0v) is 77.4. The van der Waals surface area contributed by atoms with Crippen molar-refractivity contribution in [2.45, 2.75) is 253 Å². The fourth-order valence-corrected chi connectivity index (χ4v) is 14.4. The minimum absolute atomic E-state index is 0.00353. The number of oxazole rings is 15. The van der Waals surface area contributed by atoms with Gasteiger partial charge in [0.2, 0.25) is 76.6 Å². The first-order chi connectivity index (χ1) is 64.4. The molecule has 1 aliphatic rings. The number of amides is 4. The summed E-state index contributed by atoms with van der Waals surface area (Å²) in [6.45, 7) is 32.2. The molecule has 700 valence electrons. The number of fused-ring (bicyclic) bond motifs is 13. The van der Waals surface area contributed by atoms with E-state index in [1.54, 1.807) is 0 Å². The molecule has 42 nitrogen and oxygen atoms in total. The van der Waals surface area contributed by atoms with Gasteiger partial charge in [-0.1, -0.05) is 118 Å². The van der Waals surface area contributed by atoms with Crippen LogP contribution in [0.15, 0.2) is 66.3 Å². The van der Waals surface area contributed by atoms with Crippen molar-refractivity contribution in [1.29, 1.82) is 0 Å². The summed E-state index contributed by atoms with van der Waals surface area (Å²) in [5.74, 6) is 8.25. The maximum absolute atomic E-state index is 13.3. The summed E-state index contributed by atoms with van der Waals surface area (Å²) in [5, 5.41) is 11.2. The highest BCUT2D eigenvalue weighted by Crippen LogP contribution is 2.39. The summed E-state index contributed by atoms with van der Waals surface area (Å²) in [5.41, 5.74) is 4.41. The van der Waals surface area contributed by atoms with Crippen molar-refractivity contribution in [2.24, 2.45) is 0 Å². The number of carbonyl (C=O) groups is 6. The Morgan fingerprint density at radius 3 is 0.714 bits per heavy atom. The fraction of sp³-hybridized carbons (Fsp3) is 0.440. The van der Waals surface area contributed by atoms with Crippen LogP contribution in [0, 0.1) is 0 Å². The second kappa shape index (κ2) is 41.4. The lowest BCUT2D eigenvalue weighted by molar-refractivity contribution is 0.0583. The van der Waals surface area contributed by atoms with Gasteiger partial charge in [-0.25, -0.2) is 84.3 Å². The van der Waals surface area contributed by atoms with Crippen LogP contribution in [-0.2, 0) is 145 Å². The maximum Gasteiger partial charge on any atom is 0.360 e. The molecule has 16 heterocycles. The van der Waals surface area contributed by atoms with Gasteiger partial charge in [-0.2, -0.15) is 0 Å². The van der Waals surface area contributed by atoms with Crippen LogP contribution < -0.4 is 21.3 Å². The smallest absolute Gasteiger partial charge is 0.360 e. The molecule has 0 aliphatic carbocycles. The zero-order chi connectivity index (χ0) is 94.7. The van der Waals surface area contributed by atoms with Gasteiger partial charge >= 0.3 is 11.9 Å². The molecule has 1 aliphatic heterocycles. The fourth-order valence-electron chi connectivity index (χ4n) is 14.4. The Labute approximate surface area is 760 Å². The highest BCUT2D eigenvalue weighted by atomic mass is 16.5. The van der Waals surface area contributed by atoms with Gasteiger partial charge in [-0.3, -0.25) is 19.2 Å². The average Bonchev–Trinajstić information content (AvgIpc) is 1.60. The molecule has 4 N–H and O–H groups in total. The van der Waals surface area contributed by atoms with Crippen molar-refractivity contribution in [1.82, 2.24) is 96.0 Å². The number of methoxy groups -OCH3 is 2. The van der Waals surface area contributed by atoms with Gasteiger partial charge < -0.3 is 97.0 Å². The van der Waals surface area contributed by atoms with E-state index in [2.05, 4.69) is 96.0 Å². The van der Waals surface area contributed by atoms with Crippen molar-refractivity contribution in [3.63, 3.8) is 0 Å². The molecule has 0 aromatic carbocycles. The predicted octanol–water partition coefficient (Wildman–Crippen LogP) is 16.1. The molecular formula is C91H103N19O23. The number of ether oxygens (including phenoxy) is 2. The largest absolute Gasteiger partial charge is 0.464 e. The summed E-state index contributed by atoms with van der Waals surface area (Å²) in [6, 6.07) is 0. The molecule has 42 heteroatoms. The van der Waals surface area contributed by atoms with E-state index >= 15 is 0 Å². The quantitative estimate of drug-likeness (QED) is 0.0293. The first-order valence-electron chi connectivity index (χ1n) is 44.6. The lowest BCUT2D eigenvalue weighted by atomic mass is 10.2. The number of carbonyl (C=O) groups excluding carboxylic acids is 6. The van der Waals surface area contributed by atoms with E-state index in [1.807, 2.05) is 118 Å². The van der Waals surface area contributed by atoms with Crippen LogP contribution in [0.3, 0.4) is 0 Å². The molecule has 4 amide bonds. The molecule has 133 heavy (non-hydrogen) atoms. The average molecular weight is 1830 g/mol. The number of aromatic nitrogens is 15.